The van der Waals surface area contributed by atoms with Crippen molar-refractivity contribution in [1.29, 1.82) is 0 Å². The Labute approximate surface area is 118 Å². The van der Waals surface area contributed by atoms with Gasteiger partial charge >= 0.3 is 0 Å². The Morgan fingerprint density at radius 3 is 2.65 bits per heavy atom. The molecule has 0 atom stereocenters. The van der Waals surface area contributed by atoms with Gasteiger partial charge in [-0.3, -0.25) is 4.79 Å². The van der Waals surface area contributed by atoms with Crippen molar-refractivity contribution in [3.8, 4) is 5.88 Å². The third-order valence-corrected chi connectivity index (χ3v) is 4.38. The van der Waals surface area contributed by atoms with Crippen molar-refractivity contribution in [3.63, 3.8) is 0 Å². The second-order valence-electron chi connectivity index (χ2n) is 5.61. The molecule has 1 aromatic heterocycles. The molecule has 0 unspecified atom stereocenters. The van der Waals surface area contributed by atoms with E-state index >= 15 is 0 Å². The summed E-state index contributed by atoms with van der Waals surface area (Å²) in [6.07, 6.45) is 7.94. The minimum atomic E-state index is -0.331. The largest absolute Gasteiger partial charge is 0.479 e. The second-order valence-corrected chi connectivity index (χ2v) is 5.61. The van der Waals surface area contributed by atoms with Gasteiger partial charge in [0, 0.05) is 6.54 Å². The van der Waals surface area contributed by atoms with Crippen LogP contribution >= 0.6 is 0 Å². The Morgan fingerprint density at radius 2 is 1.95 bits per heavy atom. The van der Waals surface area contributed by atoms with E-state index in [1.54, 1.807) is 7.11 Å². The standard InChI is InChI=1S/C14H20N4O2/c1-20-12-10-11(16-9-17-12)15-8-14(13(19)18-10)6-4-2-3-5-7-14/h9H,2-8H2,1H3,(H,18,19)(H,15,16,17). The van der Waals surface area contributed by atoms with Crippen molar-refractivity contribution < 1.29 is 9.53 Å². The molecule has 2 aliphatic rings. The van der Waals surface area contributed by atoms with Crippen molar-refractivity contribution in [1.82, 2.24) is 9.97 Å². The van der Waals surface area contributed by atoms with Crippen LogP contribution in [0.1, 0.15) is 38.5 Å². The lowest BCUT2D eigenvalue weighted by Crippen LogP contribution is -2.39. The molecule has 2 heterocycles. The minimum absolute atomic E-state index is 0.0683. The second kappa shape index (κ2) is 5.26. The van der Waals surface area contributed by atoms with Crippen LogP contribution in [0.15, 0.2) is 6.33 Å². The molecular weight excluding hydrogens is 256 g/mol. The fourth-order valence-electron chi connectivity index (χ4n) is 3.16. The van der Waals surface area contributed by atoms with E-state index < -0.39 is 0 Å². The van der Waals surface area contributed by atoms with Crippen LogP contribution in [0.4, 0.5) is 11.5 Å². The van der Waals surface area contributed by atoms with Crippen molar-refractivity contribution in [2.24, 2.45) is 5.41 Å². The smallest absolute Gasteiger partial charge is 0.242 e. The Bertz CT molecular complexity index is 510. The van der Waals surface area contributed by atoms with E-state index in [-0.39, 0.29) is 11.3 Å². The van der Waals surface area contributed by atoms with E-state index in [9.17, 15) is 4.79 Å². The number of nitrogens with zero attached hydrogens (tertiary/aromatic N) is 2. The lowest BCUT2D eigenvalue weighted by atomic mass is 9.79. The van der Waals surface area contributed by atoms with Crippen LogP contribution in [-0.4, -0.2) is 29.5 Å². The molecular formula is C14H20N4O2. The molecule has 1 aliphatic heterocycles. The summed E-state index contributed by atoms with van der Waals surface area (Å²) in [4.78, 5) is 21.0. The zero-order valence-electron chi connectivity index (χ0n) is 11.7. The molecule has 0 bridgehead atoms. The number of ether oxygens (including phenoxy) is 1. The molecule has 6 heteroatoms. The van der Waals surface area contributed by atoms with Crippen LogP contribution in [0.5, 0.6) is 5.88 Å². The molecule has 3 rings (SSSR count). The predicted molar refractivity (Wildman–Crippen MR) is 75.8 cm³/mol. The predicted octanol–water partition coefficient (Wildman–Crippen LogP) is 2.19. The van der Waals surface area contributed by atoms with Gasteiger partial charge in [0.1, 0.15) is 12.0 Å². The zero-order valence-corrected chi connectivity index (χ0v) is 11.7. The molecule has 0 saturated heterocycles. The Morgan fingerprint density at radius 1 is 1.20 bits per heavy atom. The van der Waals surface area contributed by atoms with Gasteiger partial charge in [0.15, 0.2) is 5.82 Å². The normalized spacial score (nSPS) is 21.1. The summed E-state index contributed by atoms with van der Waals surface area (Å²) in [5, 5.41) is 6.28. The van der Waals surface area contributed by atoms with Crippen LogP contribution in [0.2, 0.25) is 0 Å². The number of methoxy groups -OCH3 is 1. The van der Waals surface area contributed by atoms with Crippen molar-refractivity contribution in [3.05, 3.63) is 6.33 Å². The van der Waals surface area contributed by atoms with Gasteiger partial charge in [-0.15, -0.1) is 0 Å². The number of hydrogen-bond acceptors (Lipinski definition) is 5. The highest BCUT2D eigenvalue weighted by Gasteiger charge is 2.41. The number of rotatable bonds is 1. The molecule has 0 aromatic carbocycles. The summed E-state index contributed by atoms with van der Waals surface area (Å²) >= 11 is 0. The monoisotopic (exact) mass is 276 g/mol. The van der Waals surface area contributed by atoms with Crippen LogP contribution < -0.4 is 15.4 Å². The average Bonchev–Trinajstić information content (AvgIpc) is 2.79. The molecule has 108 valence electrons. The van der Waals surface area contributed by atoms with Gasteiger partial charge in [-0.25, -0.2) is 4.98 Å². The fourth-order valence-corrected chi connectivity index (χ4v) is 3.16. The lowest BCUT2D eigenvalue weighted by Gasteiger charge is -2.29. The van der Waals surface area contributed by atoms with Gasteiger partial charge < -0.3 is 15.4 Å². The van der Waals surface area contributed by atoms with E-state index in [0.29, 0.717) is 23.9 Å². The third kappa shape index (κ3) is 2.19. The molecule has 1 aliphatic carbocycles. The molecule has 20 heavy (non-hydrogen) atoms. The summed E-state index contributed by atoms with van der Waals surface area (Å²) in [7, 11) is 1.54. The molecule has 1 aromatic rings. The molecule has 1 spiro atoms. The summed E-state index contributed by atoms with van der Waals surface area (Å²) in [5.41, 5.74) is 0.225. The molecule has 0 radical (unpaired) electrons. The van der Waals surface area contributed by atoms with Gasteiger partial charge in [0.05, 0.1) is 12.5 Å². The number of amides is 1. The van der Waals surface area contributed by atoms with Crippen LogP contribution in [-0.2, 0) is 4.79 Å². The SMILES string of the molecule is COc1ncnc2c1NC(=O)C1(CCCCCC1)CN2. The number of hydrogen-bond donors (Lipinski definition) is 2. The number of aromatic nitrogens is 2. The first-order valence-electron chi connectivity index (χ1n) is 7.19. The molecule has 1 fully saturated rings. The maximum atomic E-state index is 12.7. The van der Waals surface area contributed by atoms with E-state index in [2.05, 4.69) is 20.6 Å². The van der Waals surface area contributed by atoms with Gasteiger partial charge in [0.2, 0.25) is 11.8 Å². The van der Waals surface area contributed by atoms with E-state index in [1.807, 2.05) is 0 Å². The Hall–Kier alpha value is -1.85. The molecule has 1 saturated carbocycles. The average molecular weight is 276 g/mol. The number of anilines is 2. The molecule has 6 nitrogen and oxygen atoms in total. The van der Waals surface area contributed by atoms with Crippen molar-refractivity contribution in [2.75, 3.05) is 24.3 Å². The number of fused-ring (bicyclic) bond motifs is 1. The van der Waals surface area contributed by atoms with Gasteiger partial charge in [-0.1, -0.05) is 25.7 Å². The highest BCUT2D eigenvalue weighted by molar-refractivity contribution is 6.00. The van der Waals surface area contributed by atoms with Crippen molar-refractivity contribution in [2.45, 2.75) is 38.5 Å². The Balaban J connectivity index is 1.93. The Kier molecular flexibility index (Phi) is 3.46. The zero-order chi connectivity index (χ0) is 14.0. The van der Waals surface area contributed by atoms with Gasteiger partial charge in [-0.05, 0) is 12.8 Å². The third-order valence-electron chi connectivity index (χ3n) is 4.38. The first-order chi connectivity index (χ1) is 9.75. The van der Waals surface area contributed by atoms with Gasteiger partial charge in [-0.2, -0.15) is 4.98 Å². The highest BCUT2D eigenvalue weighted by atomic mass is 16.5. The van der Waals surface area contributed by atoms with Crippen LogP contribution in [0.25, 0.3) is 0 Å². The summed E-state index contributed by atoms with van der Waals surface area (Å²) in [5.74, 6) is 1.12. The topological polar surface area (TPSA) is 76.1 Å². The quantitative estimate of drug-likeness (QED) is 0.822. The first-order valence-corrected chi connectivity index (χ1v) is 7.19. The summed E-state index contributed by atoms with van der Waals surface area (Å²) in [6.45, 7) is 0.631. The molecule has 1 amide bonds. The van der Waals surface area contributed by atoms with E-state index in [1.165, 1.54) is 19.2 Å². The summed E-state index contributed by atoms with van der Waals surface area (Å²) in [6, 6.07) is 0. The lowest BCUT2D eigenvalue weighted by molar-refractivity contribution is -0.125. The maximum absolute atomic E-state index is 12.7. The van der Waals surface area contributed by atoms with E-state index in [0.717, 1.165) is 25.7 Å². The number of carbonyl (C=O) groups excluding carboxylic acids is 1. The summed E-state index contributed by atoms with van der Waals surface area (Å²) < 4.78 is 5.21. The van der Waals surface area contributed by atoms with Gasteiger partial charge in [0.25, 0.3) is 0 Å². The maximum Gasteiger partial charge on any atom is 0.242 e. The van der Waals surface area contributed by atoms with Crippen LogP contribution in [0, 0.1) is 5.41 Å². The first kappa shape index (κ1) is 13.1. The number of carbonyl (C=O) groups is 1. The minimum Gasteiger partial charge on any atom is -0.479 e. The van der Waals surface area contributed by atoms with Crippen LogP contribution in [0.3, 0.4) is 0 Å². The van der Waals surface area contributed by atoms with E-state index in [4.69, 9.17) is 4.74 Å². The highest BCUT2D eigenvalue weighted by Crippen LogP contribution is 2.41. The fraction of sp³-hybridized carbons (Fsp3) is 0.643. The van der Waals surface area contributed by atoms with Crippen molar-refractivity contribution >= 4 is 17.4 Å². The number of nitrogens with one attached hydrogen (secondary N) is 2. The molecule has 2 N–H and O–H groups in total.